The molecule has 1 aromatic heterocycles. The van der Waals surface area contributed by atoms with Gasteiger partial charge in [0.1, 0.15) is 6.61 Å². The van der Waals surface area contributed by atoms with E-state index in [2.05, 4.69) is 5.32 Å². The SMILES string of the molecule is O=C1CC2(S(=O)(=O)c3csc4ccccc34)C(CCN2C(=O)OCc2ccccc2)N1. The average Bonchev–Trinajstić information content (AvgIpc) is 3.44. The Balaban J connectivity index is 1.54. The largest absolute Gasteiger partial charge is 0.445 e. The van der Waals surface area contributed by atoms with Crippen molar-refractivity contribution in [2.24, 2.45) is 0 Å². The van der Waals surface area contributed by atoms with E-state index in [0.29, 0.717) is 11.8 Å². The highest BCUT2D eigenvalue weighted by atomic mass is 32.2. The van der Waals surface area contributed by atoms with Crippen molar-refractivity contribution < 1.29 is 22.7 Å². The van der Waals surface area contributed by atoms with Crippen LogP contribution < -0.4 is 5.32 Å². The van der Waals surface area contributed by atoms with Gasteiger partial charge in [-0.3, -0.25) is 9.69 Å². The topological polar surface area (TPSA) is 92.8 Å². The van der Waals surface area contributed by atoms with Crippen LogP contribution in [0.3, 0.4) is 0 Å². The zero-order chi connectivity index (χ0) is 21.6. The van der Waals surface area contributed by atoms with Crippen molar-refractivity contribution in [2.45, 2.75) is 35.3 Å². The molecule has 0 saturated carbocycles. The number of carbonyl (C=O) groups is 2. The van der Waals surface area contributed by atoms with Crippen molar-refractivity contribution in [3.63, 3.8) is 0 Å². The Bertz CT molecular complexity index is 1270. The average molecular weight is 457 g/mol. The zero-order valence-electron chi connectivity index (χ0n) is 16.5. The molecule has 160 valence electrons. The Hall–Kier alpha value is -2.91. The number of sulfone groups is 1. The minimum absolute atomic E-state index is 0.0275. The number of amides is 2. The molecule has 3 aromatic rings. The van der Waals surface area contributed by atoms with Crippen LogP contribution in [0.15, 0.2) is 64.9 Å². The maximum absolute atomic E-state index is 14.0. The molecule has 0 spiro atoms. The molecule has 2 aromatic carbocycles. The van der Waals surface area contributed by atoms with Crippen molar-refractivity contribution in [3.8, 4) is 0 Å². The van der Waals surface area contributed by atoms with E-state index >= 15 is 0 Å². The molecule has 1 N–H and O–H groups in total. The maximum atomic E-state index is 14.0. The smallest absolute Gasteiger partial charge is 0.411 e. The van der Waals surface area contributed by atoms with Crippen LogP contribution in [0.4, 0.5) is 4.79 Å². The van der Waals surface area contributed by atoms with Crippen LogP contribution in [0.2, 0.25) is 0 Å². The number of fused-ring (bicyclic) bond motifs is 2. The van der Waals surface area contributed by atoms with Crippen molar-refractivity contribution in [1.29, 1.82) is 0 Å². The zero-order valence-corrected chi connectivity index (χ0v) is 18.1. The van der Waals surface area contributed by atoms with E-state index in [1.807, 2.05) is 42.5 Å². The van der Waals surface area contributed by atoms with Gasteiger partial charge in [0.2, 0.25) is 15.7 Å². The van der Waals surface area contributed by atoms with Gasteiger partial charge in [0.25, 0.3) is 0 Å². The number of ether oxygens (including phenoxy) is 1. The quantitative estimate of drug-likeness (QED) is 0.650. The van der Waals surface area contributed by atoms with Gasteiger partial charge in [-0.2, -0.15) is 0 Å². The standard InChI is InChI=1S/C22H20N2O5S2/c25-20-12-22(31(27,28)18-14-30-17-9-5-4-8-16(17)18)19(23-20)10-11-24(22)21(26)29-13-15-6-2-1-3-7-15/h1-9,14,19H,10-13H2,(H,23,25). The number of likely N-dealkylation sites (tertiary alicyclic amines) is 1. The molecule has 3 heterocycles. The highest BCUT2D eigenvalue weighted by Gasteiger charge is 2.65. The summed E-state index contributed by atoms with van der Waals surface area (Å²) in [5.41, 5.74) is 0.799. The number of rotatable bonds is 4. The number of nitrogens with zero attached hydrogens (tertiary/aromatic N) is 1. The monoisotopic (exact) mass is 456 g/mol. The van der Waals surface area contributed by atoms with Gasteiger partial charge < -0.3 is 10.1 Å². The molecule has 2 saturated heterocycles. The molecule has 2 amide bonds. The summed E-state index contributed by atoms with van der Waals surface area (Å²) in [7, 11) is -4.08. The first-order valence-electron chi connectivity index (χ1n) is 9.92. The minimum atomic E-state index is -4.08. The van der Waals surface area contributed by atoms with Crippen LogP contribution >= 0.6 is 11.3 Å². The van der Waals surface area contributed by atoms with Crippen LogP contribution in [0.5, 0.6) is 0 Å². The van der Waals surface area contributed by atoms with Crippen molar-refractivity contribution in [2.75, 3.05) is 6.54 Å². The molecule has 2 atom stereocenters. The number of hydrogen-bond donors (Lipinski definition) is 1. The Morgan fingerprint density at radius 2 is 1.90 bits per heavy atom. The van der Waals surface area contributed by atoms with Gasteiger partial charge in [0, 0.05) is 22.0 Å². The third kappa shape index (κ3) is 3.02. The van der Waals surface area contributed by atoms with Gasteiger partial charge in [-0.15, -0.1) is 11.3 Å². The van der Waals surface area contributed by atoms with Gasteiger partial charge >= 0.3 is 6.09 Å². The van der Waals surface area contributed by atoms with Gasteiger partial charge in [0.15, 0.2) is 4.87 Å². The summed E-state index contributed by atoms with van der Waals surface area (Å²) in [6.45, 7) is 0.222. The van der Waals surface area contributed by atoms with E-state index in [-0.39, 0.29) is 30.4 Å². The first kappa shape index (κ1) is 20.0. The second kappa shape index (κ2) is 7.35. The van der Waals surface area contributed by atoms with Crippen LogP contribution in [-0.4, -0.2) is 42.8 Å². The van der Waals surface area contributed by atoms with Gasteiger partial charge in [-0.1, -0.05) is 48.5 Å². The van der Waals surface area contributed by atoms with Crippen LogP contribution in [0.1, 0.15) is 18.4 Å². The molecule has 2 unspecified atom stereocenters. The molecule has 7 nitrogen and oxygen atoms in total. The van der Waals surface area contributed by atoms with E-state index < -0.39 is 26.8 Å². The van der Waals surface area contributed by atoms with Crippen molar-refractivity contribution in [3.05, 3.63) is 65.5 Å². The molecule has 31 heavy (non-hydrogen) atoms. The molecule has 2 fully saturated rings. The molecule has 2 aliphatic rings. The molecule has 2 aliphatic heterocycles. The summed E-state index contributed by atoms with van der Waals surface area (Å²) in [5, 5.41) is 4.97. The molecular formula is C22H20N2O5S2. The molecule has 5 rings (SSSR count). The molecule has 0 radical (unpaired) electrons. The highest BCUT2D eigenvalue weighted by Crippen LogP contribution is 2.47. The Kier molecular flexibility index (Phi) is 4.75. The first-order chi connectivity index (χ1) is 14.9. The fourth-order valence-corrected chi connectivity index (χ4v) is 8.28. The summed E-state index contributed by atoms with van der Waals surface area (Å²) in [6.07, 6.45) is -0.677. The lowest BCUT2D eigenvalue weighted by Gasteiger charge is -2.35. The molecule has 0 bridgehead atoms. The van der Waals surface area contributed by atoms with Gasteiger partial charge in [-0.25, -0.2) is 13.2 Å². The lowest BCUT2D eigenvalue weighted by Crippen LogP contribution is -2.57. The van der Waals surface area contributed by atoms with E-state index in [9.17, 15) is 18.0 Å². The van der Waals surface area contributed by atoms with E-state index in [4.69, 9.17) is 4.74 Å². The number of carbonyl (C=O) groups excluding carboxylic acids is 2. The summed E-state index contributed by atoms with van der Waals surface area (Å²) >= 11 is 1.33. The first-order valence-corrected chi connectivity index (χ1v) is 12.3. The van der Waals surface area contributed by atoms with E-state index in [1.165, 1.54) is 16.2 Å². The van der Waals surface area contributed by atoms with Gasteiger partial charge in [0.05, 0.1) is 17.4 Å². The Morgan fingerprint density at radius 1 is 1.16 bits per heavy atom. The Morgan fingerprint density at radius 3 is 2.71 bits per heavy atom. The maximum Gasteiger partial charge on any atom is 0.411 e. The van der Waals surface area contributed by atoms with Crippen LogP contribution in [0.25, 0.3) is 10.1 Å². The van der Waals surface area contributed by atoms with Crippen molar-refractivity contribution >= 4 is 43.3 Å². The Labute approximate surface area is 183 Å². The fraction of sp³-hybridized carbons (Fsp3) is 0.273. The summed E-state index contributed by atoms with van der Waals surface area (Å²) in [5.74, 6) is -0.381. The fourth-order valence-electron chi connectivity index (χ4n) is 4.56. The second-order valence-electron chi connectivity index (χ2n) is 7.72. The van der Waals surface area contributed by atoms with Crippen molar-refractivity contribution in [1.82, 2.24) is 10.2 Å². The second-order valence-corrected chi connectivity index (χ2v) is 10.8. The number of benzene rings is 2. The summed E-state index contributed by atoms with van der Waals surface area (Å²) < 4.78 is 34.3. The van der Waals surface area contributed by atoms with Crippen LogP contribution in [-0.2, 0) is 26.0 Å². The third-order valence-electron chi connectivity index (χ3n) is 6.02. The van der Waals surface area contributed by atoms with E-state index in [0.717, 1.165) is 10.3 Å². The normalized spacial score (nSPS) is 23.0. The summed E-state index contributed by atoms with van der Waals surface area (Å²) in [6, 6.07) is 15.7. The number of hydrogen-bond acceptors (Lipinski definition) is 6. The lowest BCUT2D eigenvalue weighted by molar-refractivity contribution is -0.119. The molecule has 0 aliphatic carbocycles. The third-order valence-corrected chi connectivity index (χ3v) is 9.63. The number of nitrogens with one attached hydrogen (secondary N) is 1. The number of thiophene rings is 1. The lowest BCUT2D eigenvalue weighted by atomic mass is 10.1. The van der Waals surface area contributed by atoms with E-state index in [1.54, 1.807) is 17.5 Å². The predicted octanol–water partition coefficient (Wildman–Crippen LogP) is 3.30. The van der Waals surface area contributed by atoms with Crippen LogP contribution in [0, 0.1) is 0 Å². The summed E-state index contributed by atoms with van der Waals surface area (Å²) in [4.78, 5) is 25.1. The minimum Gasteiger partial charge on any atom is -0.445 e. The molecule has 9 heteroatoms. The van der Waals surface area contributed by atoms with Gasteiger partial charge in [-0.05, 0) is 18.1 Å². The molecular weight excluding hydrogens is 436 g/mol. The predicted molar refractivity (Wildman–Crippen MR) is 116 cm³/mol. The highest BCUT2D eigenvalue weighted by molar-refractivity contribution is 7.93.